The normalized spacial score (nSPS) is 15.0. The topological polar surface area (TPSA) is 73.8 Å². The summed E-state index contributed by atoms with van der Waals surface area (Å²) in [4.78, 5) is 11.5. The van der Waals surface area contributed by atoms with Gasteiger partial charge in [0.25, 0.3) is 0 Å². The molecule has 2 heterocycles. The molecule has 1 saturated heterocycles. The molecular weight excluding hydrogens is 400 g/mol. The quantitative estimate of drug-likeness (QED) is 0.289. The molecule has 0 amide bonds. The average molecular weight is 433 g/mol. The molecule has 168 valence electrons. The molecule has 0 aliphatic carbocycles. The van der Waals surface area contributed by atoms with Gasteiger partial charge >= 0.3 is 0 Å². The number of benzene rings is 2. The van der Waals surface area contributed by atoms with Gasteiger partial charge in [-0.05, 0) is 29.3 Å². The minimum Gasteiger partial charge on any atom is -0.379 e. The maximum Gasteiger partial charge on any atom is 0.191 e. The second kappa shape index (κ2) is 11.5. The Kier molecular flexibility index (Phi) is 7.89. The van der Waals surface area contributed by atoms with Crippen molar-refractivity contribution in [2.24, 2.45) is 4.99 Å². The van der Waals surface area contributed by atoms with Crippen molar-refractivity contribution in [2.75, 3.05) is 51.8 Å². The van der Waals surface area contributed by atoms with Crippen molar-refractivity contribution in [1.29, 1.82) is 0 Å². The van der Waals surface area contributed by atoms with Gasteiger partial charge in [-0.1, -0.05) is 42.5 Å². The molecule has 0 unspecified atom stereocenters. The first kappa shape index (κ1) is 22.0. The van der Waals surface area contributed by atoms with Crippen LogP contribution in [0.15, 0.2) is 65.7 Å². The first-order chi connectivity index (χ1) is 15.8. The highest BCUT2D eigenvalue weighted by atomic mass is 16.5. The number of morpholine rings is 1. The molecule has 0 spiro atoms. The molecule has 0 saturated carbocycles. The second-order valence-electron chi connectivity index (χ2n) is 7.83. The minimum atomic E-state index is 0.736. The molecular formula is C25H32N6O. The molecule has 2 aromatic carbocycles. The van der Waals surface area contributed by atoms with Gasteiger partial charge in [-0.15, -0.1) is 0 Å². The molecule has 3 aromatic rings. The Morgan fingerprint density at radius 1 is 0.938 bits per heavy atom. The fourth-order valence-corrected chi connectivity index (χ4v) is 3.82. The van der Waals surface area contributed by atoms with E-state index in [-0.39, 0.29) is 0 Å². The van der Waals surface area contributed by atoms with Gasteiger partial charge in [-0.25, -0.2) is 4.98 Å². The number of hydrogen-bond donors (Lipinski definition) is 3. The van der Waals surface area contributed by atoms with Gasteiger partial charge in [0, 0.05) is 51.7 Å². The third-order valence-corrected chi connectivity index (χ3v) is 5.61. The lowest BCUT2D eigenvalue weighted by Crippen LogP contribution is -2.39. The number of guanidine groups is 1. The second-order valence-corrected chi connectivity index (χ2v) is 7.83. The molecule has 32 heavy (non-hydrogen) atoms. The van der Waals surface area contributed by atoms with Crippen LogP contribution < -0.4 is 16.0 Å². The Labute approximate surface area is 189 Å². The minimum absolute atomic E-state index is 0.736. The maximum atomic E-state index is 5.47. The van der Waals surface area contributed by atoms with Gasteiger partial charge < -0.3 is 20.7 Å². The van der Waals surface area contributed by atoms with E-state index in [0.717, 1.165) is 75.2 Å². The number of nitrogens with one attached hydrogen (secondary N) is 3. The number of fused-ring (bicyclic) bond motifs is 1. The lowest BCUT2D eigenvalue weighted by Gasteiger charge is -2.27. The summed E-state index contributed by atoms with van der Waals surface area (Å²) in [6.45, 7) is 6.80. The van der Waals surface area contributed by atoms with Gasteiger partial charge in [0.1, 0.15) is 5.82 Å². The van der Waals surface area contributed by atoms with E-state index in [1.54, 1.807) is 7.05 Å². The summed E-state index contributed by atoms with van der Waals surface area (Å²) in [5.74, 6) is 1.67. The highest BCUT2D eigenvalue weighted by Gasteiger charge is 2.12. The zero-order valence-electron chi connectivity index (χ0n) is 18.7. The molecule has 0 bridgehead atoms. The summed E-state index contributed by atoms with van der Waals surface area (Å²) >= 11 is 0. The molecule has 1 aliphatic rings. The molecule has 1 aliphatic heterocycles. The van der Waals surface area contributed by atoms with Crippen LogP contribution in [0.5, 0.6) is 0 Å². The largest absolute Gasteiger partial charge is 0.379 e. The smallest absolute Gasteiger partial charge is 0.191 e. The van der Waals surface area contributed by atoms with Crippen LogP contribution in [0.25, 0.3) is 10.9 Å². The number of ether oxygens (including phenoxy) is 1. The number of aromatic nitrogens is 1. The van der Waals surface area contributed by atoms with E-state index in [2.05, 4.69) is 67.2 Å². The van der Waals surface area contributed by atoms with E-state index in [0.29, 0.717) is 0 Å². The SMILES string of the molecule is CN=C(NCCNc1ccc2ccccc2n1)NCc1ccccc1CN1CCOCC1. The van der Waals surface area contributed by atoms with Crippen LogP contribution in [-0.4, -0.2) is 62.3 Å². The van der Waals surface area contributed by atoms with Crippen molar-refractivity contribution in [3.63, 3.8) is 0 Å². The van der Waals surface area contributed by atoms with Crippen molar-refractivity contribution in [1.82, 2.24) is 20.5 Å². The van der Waals surface area contributed by atoms with Gasteiger partial charge in [-0.2, -0.15) is 0 Å². The van der Waals surface area contributed by atoms with Crippen molar-refractivity contribution in [2.45, 2.75) is 13.1 Å². The highest BCUT2D eigenvalue weighted by Crippen LogP contribution is 2.14. The maximum absolute atomic E-state index is 5.47. The number of hydrogen-bond acceptors (Lipinski definition) is 5. The van der Waals surface area contributed by atoms with E-state index in [4.69, 9.17) is 4.74 Å². The Balaban J connectivity index is 1.23. The van der Waals surface area contributed by atoms with Crippen molar-refractivity contribution in [3.8, 4) is 0 Å². The van der Waals surface area contributed by atoms with Gasteiger partial charge in [0.15, 0.2) is 5.96 Å². The number of aliphatic imine (C=N–C) groups is 1. The number of anilines is 1. The van der Waals surface area contributed by atoms with Crippen LogP contribution in [0.1, 0.15) is 11.1 Å². The van der Waals surface area contributed by atoms with Crippen LogP contribution in [0.4, 0.5) is 5.82 Å². The third-order valence-electron chi connectivity index (χ3n) is 5.61. The molecule has 3 N–H and O–H groups in total. The lowest BCUT2D eigenvalue weighted by atomic mass is 10.1. The van der Waals surface area contributed by atoms with Crippen molar-refractivity contribution in [3.05, 3.63) is 71.8 Å². The Hall–Kier alpha value is -3.16. The summed E-state index contributed by atoms with van der Waals surface area (Å²) in [6.07, 6.45) is 0. The zero-order chi connectivity index (χ0) is 22.0. The summed E-state index contributed by atoms with van der Waals surface area (Å²) in [5.41, 5.74) is 3.64. The van der Waals surface area contributed by atoms with Crippen LogP contribution in [-0.2, 0) is 17.8 Å². The molecule has 1 aromatic heterocycles. The van der Waals surface area contributed by atoms with E-state index in [9.17, 15) is 0 Å². The van der Waals surface area contributed by atoms with Crippen molar-refractivity contribution < 1.29 is 4.74 Å². The molecule has 1 fully saturated rings. The van der Waals surface area contributed by atoms with Gasteiger partial charge in [-0.3, -0.25) is 9.89 Å². The summed E-state index contributed by atoms with van der Waals surface area (Å²) in [7, 11) is 1.80. The van der Waals surface area contributed by atoms with Crippen molar-refractivity contribution >= 4 is 22.7 Å². The van der Waals surface area contributed by atoms with Gasteiger partial charge in [0.2, 0.25) is 0 Å². The number of rotatable bonds is 8. The molecule has 0 radical (unpaired) electrons. The van der Waals surface area contributed by atoms with E-state index >= 15 is 0 Å². The first-order valence-electron chi connectivity index (χ1n) is 11.2. The fraction of sp³-hybridized carbons (Fsp3) is 0.360. The van der Waals surface area contributed by atoms with Crippen LogP contribution >= 0.6 is 0 Å². The average Bonchev–Trinajstić information content (AvgIpc) is 2.85. The Morgan fingerprint density at radius 3 is 2.56 bits per heavy atom. The van der Waals surface area contributed by atoms with E-state index in [1.165, 1.54) is 11.1 Å². The first-order valence-corrected chi connectivity index (χ1v) is 11.2. The molecule has 7 nitrogen and oxygen atoms in total. The zero-order valence-corrected chi connectivity index (χ0v) is 18.7. The summed E-state index contributed by atoms with van der Waals surface area (Å²) in [6, 6.07) is 20.8. The summed E-state index contributed by atoms with van der Waals surface area (Å²) < 4.78 is 5.47. The monoisotopic (exact) mass is 432 g/mol. The van der Waals surface area contributed by atoms with Gasteiger partial charge in [0.05, 0.1) is 18.7 Å². The van der Waals surface area contributed by atoms with Crippen LogP contribution in [0.3, 0.4) is 0 Å². The Morgan fingerprint density at radius 2 is 1.72 bits per heavy atom. The molecule has 0 atom stereocenters. The lowest BCUT2D eigenvalue weighted by molar-refractivity contribution is 0.0341. The highest BCUT2D eigenvalue weighted by molar-refractivity contribution is 5.80. The standard InChI is InChI=1S/C25H32N6O/c1-26-25(28-13-12-27-24-11-10-20-6-4-5-9-23(20)30-24)29-18-21-7-2-3-8-22(21)19-31-14-16-32-17-15-31/h2-11H,12-19H2,1H3,(H,27,30)(H2,26,28,29). The fourth-order valence-electron chi connectivity index (χ4n) is 3.82. The Bertz CT molecular complexity index is 1030. The molecule has 7 heteroatoms. The number of pyridine rings is 1. The van der Waals surface area contributed by atoms with Crippen LogP contribution in [0.2, 0.25) is 0 Å². The predicted octanol–water partition coefficient (Wildman–Crippen LogP) is 2.84. The van der Waals surface area contributed by atoms with E-state index in [1.807, 2.05) is 24.3 Å². The number of para-hydroxylation sites is 1. The summed E-state index contributed by atoms with van der Waals surface area (Å²) in [5, 5.41) is 11.3. The third kappa shape index (κ3) is 6.18. The van der Waals surface area contributed by atoms with E-state index < -0.39 is 0 Å². The molecule has 4 rings (SSSR count). The number of nitrogens with zero attached hydrogens (tertiary/aromatic N) is 3. The predicted molar refractivity (Wildman–Crippen MR) is 131 cm³/mol. The van der Waals surface area contributed by atoms with Crippen LogP contribution in [0, 0.1) is 0 Å².